The van der Waals surface area contributed by atoms with Crippen LogP contribution in [-0.4, -0.2) is 43.2 Å². The van der Waals surface area contributed by atoms with Gasteiger partial charge in [-0.15, -0.1) is 0 Å². The lowest BCUT2D eigenvalue weighted by Gasteiger charge is -2.34. The number of likely N-dealkylation sites (N-methyl/N-ethyl adjacent to an activating group) is 2. The van der Waals surface area contributed by atoms with E-state index in [4.69, 9.17) is 0 Å². The van der Waals surface area contributed by atoms with Crippen molar-refractivity contribution in [2.24, 2.45) is 0 Å². The van der Waals surface area contributed by atoms with E-state index < -0.39 is 6.10 Å². The van der Waals surface area contributed by atoms with Gasteiger partial charge >= 0.3 is 0 Å². The molecule has 1 unspecified atom stereocenters. The summed E-state index contributed by atoms with van der Waals surface area (Å²) >= 11 is 0. The first-order chi connectivity index (χ1) is 8.86. The van der Waals surface area contributed by atoms with Crippen molar-refractivity contribution in [3.05, 3.63) is 29.6 Å². The normalized spacial score (nSPS) is 14.5. The summed E-state index contributed by atoms with van der Waals surface area (Å²) in [4.78, 5) is 4.32. The fraction of sp³-hybridized carbons (Fsp3) is 0.600. The molecule has 4 heteroatoms. The average Bonchev–Trinajstić information content (AvgIpc) is 2.30. The number of hydrogen-bond donors (Lipinski definition) is 1. The molecule has 1 aromatic carbocycles. The van der Waals surface area contributed by atoms with Crippen molar-refractivity contribution < 1.29 is 9.50 Å². The van der Waals surface area contributed by atoms with Crippen LogP contribution < -0.4 is 4.90 Å². The van der Waals surface area contributed by atoms with Gasteiger partial charge in [0.2, 0.25) is 0 Å². The maximum atomic E-state index is 13.3. The highest BCUT2D eigenvalue weighted by Crippen LogP contribution is 2.28. The Bertz CT molecular complexity index is 407. The lowest BCUT2D eigenvalue weighted by atomic mass is 10.1. The van der Waals surface area contributed by atoms with Crippen LogP contribution in [0.5, 0.6) is 0 Å². The monoisotopic (exact) mass is 268 g/mol. The van der Waals surface area contributed by atoms with Crippen LogP contribution in [-0.2, 0) is 0 Å². The second-order valence-corrected chi connectivity index (χ2v) is 5.28. The molecule has 0 radical (unpaired) electrons. The van der Waals surface area contributed by atoms with E-state index in [9.17, 15) is 9.50 Å². The predicted molar refractivity (Wildman–Crippen MR) is 78.1 cm³/mol. The molecule has 0 aliphatic heterocycles. The third kappa shape index (κ3) is 4.18. The fourth-order valence-corrected chi connectivity index (χ4v) is 2.47. The summed E-state index contributed by atoms with van der Waals surface area (Å²) in [5, 5.41) is 9.83. The van der Waals surface area contributed by atoms with Crippen LogP contribution in [0.25, 0.3) is 0 Å². The molecular formula is C15H25FN2O. The number of aliphatic hydroxyl groups excluding tert-OH is 1. The van der Waals surface area contributed by atoms with Gasteiger partial charge in [0.05, 0.1) is 6.10 Å². The molecule has 0 saturated heterocycles. The van der Waals surface area contributed by atoms with Gasteiger partial charge in [0.1, 0.15) is 5.82 Å². The van der Waals surface area contributed by atoms with Gasteiger partial charge in [-0.1, -0.05) is 0 Å². The van der Waals surface area contributed by atoms with Crippen molar-refractivity contribution in [3.63, 3.8) is 0 Å². The molecule has 3 nitrogen and oxygen atoms in total. The zero-order valence-electron chi connectivity index (χ0n) is 12.5. The lowest BCUT2D eigenvalue weighted by Crippen LogP contribution is -2.40. The minimum Gasteiger partial charge on any atom is -0.389 e. The second kappa shape index (κ2) is 6.87. The maximum Gasteiger partial charge on any atom is 0.123 e. The Balaban J connectivity index is 3.10. The second-order valence-electron chi connectivity index (χ2n) is 5.28. The van der Waals surface area contributed by atoms with Gasteiger partial charge in [0, 0.05) is 30.4 Å². The van der Waals surface area contributed by atoms with Gasteiger partial charge in [-0.25, -0.2) is 4.39 Å². The highest BCUT2D eigenvalue weighted by molar-refractivity contribution is 5.55. The van der Waals surface area contributed by atoms with E-state index in [2.05, 4.69) is 23.6 Å². The summed E-state index contributed by atoms with van der Waals surface area (Å²) in [5.41, 5.74) is 1.56. The highest BCUT2D eigenvalue weighted by atomic mass is 19.1. The third-order valence-corrected chi connectivity index (χ3v) is 3.25. The molecule has 19 heavy (non-hydrogen) atoms. The molecule has 1 rings (SSSR count). The summed E-state index contributed by atoms with van der Waals surface area (Å²) in [5.74, 6) is -0.309. The molecule has 0 aliphatic rings. The Kier molecular flexibility index (Phi) is 5.76. The summed E-state index contributed by atoms with van der Waals surface area (Å²) < 4.78 is 13.3. The Hall–Kier alpha value is -1.13. The van der Waals surface area contributed by atoms with E-state index in [1.807, 2.05) is 14.1 Å². The number of hydrogen-bond acceptors (Lipinski definition) is 3. The molecular weight excluding hydrogens is 243 g/mol. The van der Waals surface area contributed by atoms with Gasteiger partial charge in [-0.2, -0.15) is 0 Å². The van der Waals surface area contributed by atoms with E-state index in [1.165, 1.54) is 12.1 Å². The number of rotatable bonds is 6. The van der Waals surface area contributed by atoms with Crippen LogP contribution >= 0.6 is 0 Å². The first-order valence-corrected chi connectivity index (χ1v) is 6.75. The van der Waals surface area contributed by atoms with E-state index in [0.29, 0.717) is 11.6 Å². The Morgan fingerprint density at radius 3 is 2.37 bits per heavy atom. The minimum absolute atomic E-state index is 0.294. The number of anilines is 1. The summed E-state index contributed by atoms with van der Waals surface area (Å²) in [6.07, 6.45) is -0.675. The van der Waals surface area contributed by atoms with Gasteiger partial charge in [-0.05, 0) is 53.1 Å². The third-order valence-electron chi connectivity index (χ3n) is 3.25. The molecule has 0 aliphatic carbocycles. The standard InChI is InChI=1S/C15H25FN2O/c1-6-18(11(2)10-17(4)5)15-8-7-13(16)9-14(15)12(3)19/h7-9,11-12,19H,6,10H2,1-5H3/t11?,12-/m0/s1. The van der Waals surface area contributed by atoms with Crippen LogP contribution in [0.2, 0.25) is 0 Å². The fourth-order valence-electron chi connectivity index (χ4n) is 2.47. The highest BCUT2D eigenvalue weighted by Gasteiger charge is 2.19. The van der Waals surface area contributed by atoms with Crippen LogP contribution in [0.4, 0.5) is 10.1 Å². The number of benzene rings is 1. The van der Waals surface area contributed by atoms with E-state index >= 15 is 0 Å². The summed E-state index contributed by atoms with van der Waals surface area (Å²) in [7, 11) is 4.06. The van der Waals surface area contributed by atoms with E-state index in [1.54, 1.807) is 13.0 Å². The van der Waals surface area contributed by atoms with Crippen LogP contribution in [0, 0.1) is 5.82 Å². The molecule has 0 heterocycles. The predicted octanol–water partition coefficient (Wildman–Crippen LogP) is 2.66. The molecule has 0 fully saturated rings. The molecule has 1 aromatic rings. The van der Waals surface area contributed by atoms with Crippen molar-refractivity contribution in [2.45, 2.75) is 32.9 Å². The number of halogens is 1. The lowest BCUT2D eigenvalue weighted by molar-refractivity contribution is 0.199. The Morgan fingerprint density at radius 1 is 1.26 bits per heavy atom. The van der Waals surface area contributed by atoms with Crippen molar-refractivity contribution in [2.75, 3.05) is 32.1 Å². The number of aliphatic hydroxyl groups is 1. The van der Waals surface area contributed by atoms with Crippen LogP contribution in [0.3, 0.4) is 0 Å². The SMILES string of the molecule is CCN(c1ccc(F)cc1[C@H](C)O)C(C)CN(C)C. The van der Waals surface area contributed by atoms with Crippen molar-refractivity contribution in [1.29, 1.82) is 0 Å². The quantitative estimate of drug-likeness (QED) is 0.859. The minimum atomic E-state index is -0.675. The average molecular weight is 268 g/mol. The molecule has 0 aromatic heterocycles. The van der Waals surface area contributed by atoms with Crippen molar-refractivity contribution >= 4 is 5.69 Å². The topological polar surface area (TPSA) is 26.7 Å². The Labute approximate surface area is 115 Å². The van der Waals surface area contributed by atoms with Crippen molar-refractivity contribution in [3.8, 4) is 0 Å². The zero-order chi connectivity index (χ0) is 14.6. The molecule has 108 valence electrons. The smallest absolute Gasteiger partial charge is 0.123 e. The Morgan fingerprint density at radius 2 is 1.89 bits per heavy atom. The molecule has 0 amide bonds. The van der Waals surface area contributed by atoms with Crippen LogP contribution in [0.1, 0.15) is 32.4 Å². The molecule has 2 atom stereocenters. The number of nitrogens with zero attached hydrogens (tertiary/aromatic N) is 2. The first kappa shape index (κ1) is 15.9. The molecule has 1 N–H and O–H groups in total. The largest absolute Gasteiger partial charge is 0.389 e. The van der Waals surface area contributed by atoms with Crippen molar-refractivity contribution in [1.82, 2.24) is 4.90 Å². The van der Waals surface area contributed by atoms with E-state index in [-0.39, 0.29) is 5.82 Å². The van der Waals surface area contributed by atoms with Gasteiger partial charge in [0.15, 0.2) is 0 Å². The van der Waals surface area contributed by atoms with E-state index in [0.717, 1.165) is 18.8 Å². The van der Waals surface area contributed by atoms with Gasteiger partial charge < -0.3 is 14.9 Å². The van der Waals surface area contributed by atoms with Crippen LogP contribution in [0.15, 0.2) is 18.2 Å². The summed E-state index contributed by atoms with van der Waals surface area (Å²) in [6, 6.07) is 4.92. The molecule has 0 bridgehead atoms. The first-order valence-electron chi connectivity index (χ1n) is 6.75. The van der Waals surface area contributed by atoms with Gasteiger partial charge in [-0.3, -0.25) is 0 Å². The molecule has 0 saturated carbocycles. The molecule has 0 spiro atoms. The maximum absolute atomic E-state index is 13.3. The zero-order valence-corrected chi connectivity index (χ0v) is 12.5. The van der Waals surface area contributed by atoms with Gasteiger partial charge in [0.25, 0.3) is 0 Å². The summed E-state index contributed by atoms with van der Waals surface area (Å²) in [6.45, 7) is 7.60.